The minimum atomic E-state index is -0.348. The summed E-state index contributed by atoms with van der Waals surface area (Å²) in [6.45, 7) is 8.13. The fourth-order valence-electron chi connectivity index (χ4n) is 1.84. The summed E-state index contributed by atoms with van der Waals surface area (Å²) in [7, 11) is 3.71. The lowest BCUT2D eigenvalue weighted by molar-refractivity contribution is -0.130. The molecule has 1 N–H and O–H groups in total. The van der Waals surface area contributed by atoms with E-state index in [0.29, 0.717) is 0 Å². The average Bonchev–Trinajstić information content (AvgIpc) is 2.35. The van der Waals surface area contributed by atoms with Crippen LogP contribution in [0.4, 0.5) is 0 Å². The van der Waals surface area contributed by atoms with Crippen molar-refractivity contribution in [1.29, 1.82) is 0 Å². The number of piperazine rings is 1. The number of methoxy groups -OCH3 is 1. The van der Waals surface area contributed by atoms with E-state index in [-0.39, 0.29) is 12.0 Å². The maximum absolute atomic E-state index is 11.4. The Morgan fingerprint density at radius 1 is 1.35 bits per heavy atom. The van der Waals surface area contributed by atoms with Crippen molar-refractivity contribution in [2.45, 2.75) is 19.4 Å². The van der Waals surface area contributed by atoms with E-state index in [1.165, 1.54) is 0 Å². The first-order valence-electron chi connectivity index (χ1n) is 6.35. The lowest BCUT2D eigenvalue weighted by Gasteiger charge is -2.32. The van der Waals surface area contributed by atoms with Gasteiger partial charge in [0.1, 0.15) is 6.10 Å². The van der Waals surface area contributed by atoms with E-state index in [2.05, 4.69) is 22.2 Å². The van der Waals surface area contributed by atoms with Gasteiger partial charge in [0, 0.05) is 39.8 Å². The zero-order valence-corrected chi connectivity index (χ0v) is 11.2. The number of likely N-dealkylation sites (N-methyl/N-ethyl adjacent to an activating group) is 1. The molecule has 0 bridgehead atoms. The normalized spacial score (nSPS) is 20.2. The molecule has 0 aromatic heterocycles. The monoisotopic (exact) mass is 243 g/mol. The Hall–Kier alpha value is -0.650. The highest BCUT2D eigenvalue weighted by Crippen LogP contribution is 1.99. The molecule has 17 heavy (non-hydrogen) atoms. The van der Waals surface area contributed by atoms with Gasteiger partial charge in [-0.1, -0.05) is 0 Å². The van der Waals surface area contributed by atoms with Crippen LogP contribution in [0.1, 0.15) is 13.3 Å². The first kappa shape index (κ1) is 14.4. The summed E-state index contributed by atoms with van der Waals surface area (Å²) in [5.74, 6) is -0.0223. The highest BCUT2D eigenvalue weighted by Gasteiger charge is 2.13. The third-order valence-electron chi connectivity index (χ3n) is 3.27. The molecular formula is C12H25N3O2. The fourth-order valence-corrected chi connectivity index (χ4v) is 1.84. The van der Waals surface area contributed by atoms with Crippen LogP contribution in [0.25, 0.3) is 0 Å². The van der Waals surface area contributed by atoms with E-state index in [1.807, 2.05) is 0 Å². The van der Waals surface area contributed by atoms with Crippen molar-refractivity contribution in [3.05, 3.63) is 0 Å². The highest BCUT2D eigenvalue weighted by atomic mass is 16.5. The average molecular weight is 243 g/mol. The molecule has 0 spiro atoms. The molecule has 1 rings (SSSR count). The summed E-state index contributed by atoms with van der Waals surface area (Å²) < 4.78 is 4.94. The van der Waals surface area contributed by atoms with E-state index in [9.17, 15) is 4.79 Å². The minimum absolute atomic E-state index is 0.0223. The maximum Gasteiger partial charge on any atom is 0.248 e. The molecule has 1 aliphatic rings. The van der Waals surface area contributed by atoms with Gasteiger partial charge >= 0.3 is 0 Å². The van der Waals surface area contributed by atoms with Gasteiger partial charge in [-0.3, -0.25) is 4.79 Å². The maximum atomic E-state index is 11.4. The Labute approximate surface area is 104 Å². The number of carbonyl (C=O) groups excluding carboxylic acids is 1. The SMILES string of the molecule is COC(C)C(=O)NCCCN1CCN(C)CC1. The molecule has 0 radical (unpaired) electrons. The number of nitrogens with one attached hydrogen (secondary N) is 1. The number of hydrogen-bond acceptors (Lipinski definition) is 4. The van der Waals surface area contributed by atoms with Crippen molar-refractivity contribution in [2.75, 3.05) is 53.4 Å². The van der Waals surface area contributed by atoms with Gasteiger partial charge < -0.3 is 19.9 Å². The van der Waals surface area contributed by atoms with Crippen molar-refractivity contribution in [1.82, 2.24) is 15.1 Å². The van der Waals surface area contributed by atoms with E-state index in [0.717, 1.165) is 45.7 Å². The lowest BCUT2D eigenvalue weighted by Crippen LogP contribution is -2.45. The van der Waals surface area contributed by atoms with Crippen LogP contribution < -0.4 is 5.32 Å². The third-order valence-corrected chi connectivity index (χ3v) is 3.27. The molecule has 100 valence electrons. The van der Waals surface area contributed by atoms with Gasteiger partial charge in [0.05, 0.1) is 0 Å². The van der Waals surface area contributed by atoms with E-state index in [1.54, 1.807) is 14.0 Å². The molecule has 0 aromatic carbocycles. The van der Waals surface area contributed by atoms with Crippen molar-refractivity contribution in [3.63, 3.8) is 0 Å². The molecule has 1 atom stereocenters. The van der Waals surface area contributed by atoms with Crippen LogP contribution in [0.2, 0.25) is 0 Å². The highest BCUT2D eigenvalue weighted by molar-refractivity contribution is 5.80. The van der Waals surface area contributed by atoms with Crippen LogP contribution in [-0.4, -0.2) is 75.2 Å². The van der Waals surface area contributed by atoms with Gasteiger partial charge in [-0.25, -0.2) is 0 Å². The number of ether oxygens (including phenoxy) is 1. The second-order valence-electron chi connectivity index (χ2n) is 4.67. The molecule has 5 nitrogen and oxygen atoms in total. The number of carbonyl (C=O) groups is 1. The summed E-state index contributed by atoms with van der Waals surface area (Å²) in [6, 6.07) is 0. The van der Waals surface area contributed by atoms with Crippen LogP contribution in [0, 0.1) is 0 Å². The van der Waals surface area contributed by atoms with E-state index in [4.69, 9.17) is 4.74 Å². The Morgan fingerprint density at radius 3 is 2.59 bits per heavy atom. The molecule has 1 amide bonds. The standard InChI is InChI=1S/C12H25N3O2/c1-11(17-3)12(16)13-5-4-6-15-9-7-14(2)8-10-15/h11H,4-10H2,1-3H3,(H,13,16). The van der Waals surface area contributed by atoms with Crippen molar-refractivity contribution >= 4 is 5.91 Å². The Bertz CT molecular complexity index is 228. The van der Waals surface area contributed by atoms with E-state index < -0.39 is 0 Å². The van der Waals surface area contributed by atoms with Crippen LogP contribution in [0.5, 0.6) is 0 Å². The second-order valence-corrected chi connectivity index (χ2v) is 4.67. The van der Waals surface area contributed by atoms with Gasteiger partial charge in [-0.15, -0.1) is 0 Å². The molecule has 1 aliphatic heterocycles. The first-order chi connectivity index (χ1) is 8.13. The van der Waals surface area contributed by atoms with Gasteiger partial charge in [-0.05, 0) is 26.9 Å². The molecule has 0 aliphatic carbocycles. The zero-order chi connectivity index (χ0) is 12.7. The smallest absolute Gasteiger partial charge is 0.248 e. The second kappa shape index (κ2) is 7.63. The number of hydrogen-bond donors (Lipinski definition) is 1. The van der Waals surface area contributed by atoms with Gasteiger partial charge in [0.25, 0.3) is 0 Å². The van der Waals surface area contributed by atoms with Crippen LogP contribution in [0.3, 0.4) is 0 Å². The summed E-state index contributed by atoms with van der Waals surface area (Å²) in [6.07, 6.45) is 0.657. The Kier molecular flexibility index (Phi) is 6.47. The number of nitrogens with zero attached hydrogens (tertiary/aromatic N) is 2. The van der Waals surface area contributed by atoms with Crippen LogP contribution in [0.15, 0.2) is 0 Å². The molecule has 5 heteroatoms. The molecule has 1 heterocycles. The molecule has 0 aromatic rings. The summed E-state index contributed by atoms with van der Waals surface area (Å²) in [5.41, 5.74) is 0. The minimum Gasteiger partial charge on any atom is -0.372 e. The fraction of sp³-hybridized carbons (Fsp3) is 0.917. The quantitative estimate of drug-likeness (QED) is 0.655. The van der Waals surface area contributed by atoms with Crippen LogP contribution >= 0.6 is 0 Å². The zero-order valence-electron chi connectivity index (χ0n) is 11.2. The molecular weight excluding hydrogens is 218 g/mol. The topological polar surface area (TPSA) is 44.8 Å². The predicted octanol–water partition coefficient (Wildman–Crippen LogP) is -0.225. The number of amides is 1. The molecule has 1 saturated heterocycles. The molecule has 1 fully saturated rings. The number of rotatable bonds is 6. The van der Waals surface area contributed by atoms with Gasteiger partial charge in [0.15, 0.2) is 0 Å². The van der Waals surface area contributed by atoms with Crippen molar-refractivity contribution in [2.24, 2.45) is 0 Å². The lowest BCUT2D eigenvalue weighted by atomic mass is 10.3. The largest absolute Gasteiger partial charge is 0.372 e. The first-order valence-corrected chi connectivity index (χ1v) is 6.35. The summed E-state index contributed by atoms with van der Waals surface area (Å²) >= 11 is 0. The summed E-state index contributed by atoms with van der Waals surface area (Å²) in [5, 5.41) is 2.88. The summed E-state index contributed by atoms with van der Waals surface area (Å²) in [4.78, 5) is 16.2. The Balaban J connectivity index is 2.02. The predicted molar refractivity (Wildman–Crippen MR) is 68.0 cm³/mol. The van der Waals surface area contributed by atoms with E-state index >= 15 is 0 Å². The van der Waals surface area contributed by atoms with Crippen LogP contribution in [-0.2, 0) is 9.53 Å². The molecule has 0 saturated carbocycles. The third kappa shape index (κ3) is 5.48. The molecule has 1 unspecified atom stereocenters. The van der Waals surface area contributed by atoms with Crippen molar-refractivity contribution < 1.29 is 9.53 Å². The van der Waals surface area contributed by atoms with Gasteiger partial charge in [-0.2, -0.15) is 0 Å². The van der Waals surface area contributed by atoms with Crippen molar-refractivity contribution in [3.8, 4) is 0 Å². The van der Waals surface area contributed by atoms with Gasteiger partial charge in [0.2, 0.25) is 5.91 Å². The Morgan fingerprint density at radius 2 is 2.00 bits per heavy atom.